The molecule has 0 unspecified atom stereocenters. The van der Waals surface area contributed by atoms with E-state index < -0.39 is 0 Å². The van der Waals surface area contributed by atoms with Gasteiger partial charge in [-0.05, 0) is 55.0 Å². The number of rotatable bonds is 6. The first kappa shape index (κ1) is 20.3. The minimum absolute atomic E-state index is 0.277. The molecule has 1 heterocycles. The first-order chi connectivity index (χ1) is 15.1. The summed E-state index contributed by atoms with van der Waals surface area (Å²) in [5.74, 6) is -0.626. The number of allylic oxidation sites excluding steroid dienone is 1. The van der Waals surface area contributed by atoms with E-state index in [0.29, 0.717) is 12.1 Å². The Labute approximate surface area is 179 Å². The zero-order valence-electron chi connectivity index (χ0n) is 17.3. The smallest absolute Gasteiger partial charge is 0.337 e. The van der Waals surface area contributed by atoms with Crippen LogP contribution < -0.4 is 5.32 Å². The topological polar surface area (TPSA) is 56.1 Å². The van der Waals surface area contributed by atoms with E-state index in [1.165, 1.54) is 19.2 Å². The molecule has 3 aromatic carbocycles. The molecule has 5 nitrogen and oxygen atoms in total. The fourth-order valence-corrected chi connectivity index (χ4v) is 3.50. The van der Waals surface area contributed by atoms with E-state index in [2.05, 4.69) is 10.4 Å². The number of ether oxygens (including phenoxy) is 1. The molecule has 0 saturated carbocycles. The number of carbonyl (C=O) groups excluding carboxylic acids is 1. The van der Waals surface area contributed by atoms with Crippen LogP contribution in [-0.4, -0.2) is 22.9 Å². The number of aromatic nitrogens is 2. The number of fused-ring (bicyclic) bond motifs is 1. The molecule has 0 bridgehead atoms. The second-order valence-corrected chi connectivity index (χ2v) is 7.02. The first-order valence-electron chi connectivity index (χ1n) is 9.91. The summed E-state index contributed by atoms with van der Waals surface area (Å²) in [7, 11) is 1.37. The maximum Gasteiger partial charge on any atom is 0.337 e. The fourth-order valence-electron chi connectivity index (χ4n) is 3.50. The van der Waals surface area contributed by atoms with E-state index in [1.54, 1.807) is 28.9 Å². The van der Waals surface area contributed by atoms with Gasteiger partial charge in [0.1, 0.15) is 5.82 Å². The highest BCUT2D eigenvalue weighted by Gasteiger charge is 2.12. The number of halogens is 1. The minimum Gasteiger partial charge on any atom is -0.465 e. The van der Waals surface area contributed by atoms with Crippen molar-refractivity contribution >= 4 is 22.6 Å². The summed E-state index contributed by atoms with van der Waals surface area (Å²) < 4.78 is 19.8. The van der Waals surface area contributed by atoms with Gasteiger partial charge < -0.3 is 10.1 Å². The summed E-state index contributed by atoms with van der Waals surface area (Å²) >= 11 is 0. The molecule has 31 heavy (non-hydrogen) atoms. The lowest BCUT2D eigenvalue weighted by molar-refractivity contribution is 0.0600. The van der Waals surface area contributed by atoms with Gasteiger partial charge in [0, 0.05) is 23.2 Å². The van der Waals surface area contributed by atoms with Crippen molar-refractivity contribution in [3.8, 4) is 5.69 Å². The first-order valence-corrected chi connectivity index (χ1v) is 9.91. The molecule has 0 saturated heterocycles. The Morgan fingerprint density at radius 3 is 2.52 bits per heavy atom. The van der Waals surface area contributed by atoms with Crippen molar-refractivity contribution in [2.45, 2.75) is 13.5 Å². The van der Waals surface area contributed by atoms with Crippen LogP contribution in [0.25, 0.3) is 22.3 Å². The number of esters is 1. The predicted octanol–water partition coefficient (Wildman–Crippen LogP) is 5.10. The second-order valence-electron chi connectivity index (χ2n) is 7.02. The zero-order chi connectivity index (χ0) is 21.8. The third-order valence-electron chi connectivity index (χ3n) is 5.12. The highest BCUT2D eigenvalue weighted by molar-refractivity contribution is 5.92. The molecule has 0 amide bonds. The largest absolute Gasteiger partial charge is 0.465 e. The molecular weight excluding hydrogens is 393 g/mol. The molecule has 0 spiro atoms. The molecule has 0 aliphatic carbocycles. The van der Waals surface area contributed by atoms with Crippen molar-refractivity contribution in [2.75, 3.05) is 7.11 Å². The number of nitrogens with one attached hydrogen (secondary N) is 1. The van der Waals surface area contributed by atoms with E-state index >= 15 is 0 Å². The zero-order valence-corrected chi connectivity index (χ0v) is 17.3. The normalized spacial score (nSPS) is 11.5. The van der Waals surface area contributed by atoms with Crippen LogP contribution in [0.5, 0.6) is 0 Å². The van der Waals surface area contributed by atoms with Crippen molar-refractivity contribution in [3.05, 3.63) is 102 Å². The Morgan fingerprint density at radius 1 is 1.10 bits per heavy atom. The van der Waals surface area contributed by atoms with Gasteiger partial charge in [0.15, 0.2) is 0 Å². The number of nitrogens with zero attached hydrogens (tertiary/aromatic N) is 2. The second kappa shape index (κ2) is 8.83. The molecule has 0 fully saturated rings. The van der Waals surface area contributed by atoms with Crippen LogP contribution in [0.3, 0.4) is 0 Å². The maximum atomic E-state index is 13.3. The van der Waals surface area contributed by atoms with Crippen LogP contribution in [0.1, 0.15) is 28.4 Å². The van der Waals surface area contributed by atoms with Crippen molar-refractivity contribution in [2.24, 2.45) is 0 Å². The van der Waals surface area contributed by atoms with Gasteiger partial charge in [-0.3, -0.25) is 0 Å². The SMILES string of the molecule is C/C=C(\NCc1ccc(C(=O)OC)cc1)c1cccc2c1cnn2-c1ccc(F)cc1. The number of hydrogen-bond acceptors (Lipinski definition) is 4. The molecule has 0 aliphatic rings. The minimum atomic E-state index is -0.349. The molecule has 6 heteroatoms. The van der Waals surface area contributed by atoms with Gasteiger partial charge >= 0.3 is 5.97 Å². The van der Waals surface area contributed by atoms with Gasteiger partial charge in [-0.15, -0.1) is 0 Å². The van der Waals surface area contributed by atoms with Crippen molar-refractivity contribution in [3.63, 3.8) is 0 Å². The van der Waals surface area contributed by atoms with Gasteiger partial charge in [0.2, 0.25) is 0 Å². The molecule has 0 atom stereocenters. The van der Waals surface area contributed by atoms with Crippen molar-refractivity contribution in [1.29, 1.82) is 0 Å². The summed E-state index contributed by atoms with van der Waals surface area (Å²) in [5, 5.41) is 8.99. The summed E-state index contributed by atoms with van der Waals surface area (Å²) in [6, 6.07) is 19.6. The van der Waals surface area contributed by atoms with E-state index in [9.17, 15) is 9.18 Å². The number of benzene rings is 3. The Kier molecular flexibility index (Phi) is 5.80. The van der Waals surface area contributed by atoms with E-state index in [0.717, 1.165) is 33.4 Å². The molecule has 156 valence electrons. The fraction of sp³-hybridized carbons (Fsp3) is 0.120. The van der Waals surface area contributed by atoms with Gasteiger partial charge in [-0.2, -0.15) is 5.10 Å². The van der Waals surface area contributed by atoms with Crippen LogP contribution in [-0.2, 0) is 11.3 Å². The highest BCUT2D eigenvalue weighted by Crippen LogP contribution is 2.26. The molecule has 1 aromatic heterocycles. The Morgan fingerprint density at radius 2 is 1.84 bits per heavy atom. The monoisotopic (exact) mass is 415 g/mol. The standard InChI is InChI=1S/C25H22FN3O2/c1-3-23(27-15-17-7-9-18(10-8-17)25(30)31-2)21-5-4-6-24-22(21)16-28-29(24)20-13-11-19(26)12-14-20/h3-14,16,27H,15H2,1-2H3/b23-3-. The van der Waals surface area contributed by atoms with Crippen LogP contribution in [0.4, 0.5) is 4.39 Å². The van der Waals surface area contributed by atoms with Gasteiger partial charge in [-0.25, -0.2) is 13.9 Å². The summed E-state index contributed by atoms with van der Waals surface area (Å²) in [6.45, 7) is 2.58. The van der Waals surface area contributed by atoms with E-state index in [1.807, 2.05) is 49.5 Å². The lowest BCUT2D eigenvalue weighted by Crippen LogP contribution is -2.12. The Bertz CT molecular complexity index is 1240. The average molecular weight is 415 g/mol. The summed E-state index contributed by atoms with van der Waals surface area (Å²) in [4.78, 5) is 11.6. The molecular formula is C25H22FN3O2. The Hall–Kier alpha value is -3.93. The molecule has 0 aliphatic heterocycles. The van der Waals surface area contributed by atoms with E-state index in [4.69, 9.17) is 4.74 Å². The molecule has 0 radical (unpaired) electrons. The summed E-state index contributed by atoms with van der Waals surface area (Å²) in [5.41, 5.74) is 5.31. The van der Waals surface area contributed by atoms with Crippen molar-refractivity contribution < 1.29 is 13.9 Å². The third-order valence-corrected chi connectivity index (χ3v) is 5.12. The lowest BCUT2D eigenvalue weighted by Gasteiger charge is -2.13. The van der Waals surface area contributed by atoms with Crippen LogP contribution in [0, 0.1) is 5.82 Å². The number of methoxy groups -OCH3 is 1. The maximum absolute atomic E-state index is 13.3. The van der Waals surface area contributed by atoms with Gasteiger partial charge in [0.05, 0.1) is 30.1 Å². The number of hydrogen-bond donors (Lipinski definition) is 1. The lowest BCUT2D eigenvalue weighted by atomic mass is 10.1. The molecule has 1 N–H and O–H groups in total. The quantitative estimate of drug-likeness (QED) is 0.445. The number of carbonyl (C=O) groups is 1. The average Bonchev–Trinajstić information content (AvgIpc) is 3.24. The highest BCUT2D eigenvalue weighted by atomic mass is 19.1. The van der Waals surface area contributed by atoms with Crippen LogP contribution in [0.2, 0.25) is 0 Å². The third kappa shape index (κ3) is 4.19. The van der Waals surface area contributed by atoms with Gasteiger partial charge in [0.25, 0.3) is 0 Å². The molecule has 4 rings (SSSR count). The van der Waals surface area contributed by atoms with E-state index in [-0.39, 0.29) is 11.8 Å². The van der Waals surface area contributed by atoms with Gasteiger partial charge in [-0.1, -0.05) is 30.3 Å². The predicted molar refractivity (Wildman–Crippen MR) is 119 cm³/mol. The van der Waals surface area contributed by atoms with Crippen LogP contribution >= 0.6 is 0 Å². The summed E-state index contributed by atoms with van der Waals surface area (Å²) in [6.07, 6.45) is 3.84. The molecule has 4 aromatic rings. The van der Waals surface area contributed by atoms with Crippen LogP contribution in [0.15, 0.2) is 79.0 Å². The Balaban J connectivity index is 1.58. The van der Waals surface area contributed by atoms with Crippen molar-refractivity contribution in [1.82, 2.24) is 15.1 Å².